The number of aliphatic imine (C=N–C) groups is 1. The fraction of sp³-hybridized carbons (Fsp3) is 0. The molecule has 1 aromatic carbocycles. The zero-order valence-corrected chi connectivity index (χ0v) is 10.5. The minimum Gasteiger partial charge on any atom is -0.255 e. The standard InChI is InChI=1S/C10H7N3O3S2/c14-7-12-8-1-3-9(4-2-8)18(15,16)13-10-11-5-6-17-10/h1-6H,(H,11,13). The summed E-state index contributed by atoms with van der Waals surface area (Å²) in [5, 5.41) is 1.96. The molecule has 0 atom stereocenters. The first-order valence-corrected chi connectivity index (χ1v) is 7.08. The van der Waals surface area contributed by atoms with Crippen LogP contribution in [0.1, 0.15) is 0 Å². The minimum atomic E-state index is -3.66. The van der Waals surface area contributed by atoms with Gasteiger partial charge in [0.2, 0.25) is 6.08 Å². The predicted octanol–water partition coefficient (Wildman–Crippen LogP) is 1.91. The Morgan fingerprint density at radius 3 is 2.56 bits per heavy atom. The summed E-state index contributed by atoms with van der Waals surface area (Å²) < 4.78 is 26.2. The lowest BCUT2D eigenvalue weighted by Crippen LogP contribution is -2.12. The number of thiazole rings is 1. The Balaban J connectivity index is 2.27. The lowest BCUT2D eigenvalue weighted by molar-refractivity contribution is 0.565. The van der Waals surface area contributed by atoms with Gasteiger partial charge in [0.15, 0.2) is 5.13 Å². The number of carbonyl (C=O) groups excluding carboxylic acids is 1. The first-order chi connectivity index (χ1) is 8.62. The maximum absolute atomic E-state index is 11.9. The van der Waals surface area contributed by atoms with Gasteiger partial charge in [-0.3, -0.25) is 4.72 Å². The molecule has 2 aromatic rings. The molecule has 0 fully saturated rings. The Kier molecular flexibility index (Phi) is 3.52. The number of sulfonamides is 1. The molecule has 1 N–H and O–H groups in total. The zero-order chi connectivity index (χ0) is 13.0. The largest absolute Gasteiger partial charge is 0.263 e. The van der Waals surface area contributed by atoms with Crippen LogP contribution in [0.5, 0.6) is 0 Å². The molecule has 1 heterocycles. The molecular formula is C10H7N3O3S2. The average Bonchev–Trinajstić information content (AvgIpc) is 2.82. The van der Waals surface area contributed by atoms with E-state index < -0.39 is 10.0 Å². The third-order valence-electron chi connectivity index (χ3n) is 1.98. The number of isocyanates is 1. The molecular weight excluding hydrogens is 274 g/mol. The number of rotatable bonds is 4. The van der Waals surface area contributed by atoms with Gasteiger partial charge in [-0.05, 0) is 24.3 Å². The number of nitrogens with zero attached hydrogens (tertiary/aromatic N) is 2. The number of hydrogen-bond donors (Lipinski definition) is 1. The molecule has 8 heteroatoms. The van der Waals surface area contributed by atoms with Gasteiger partial charge in [-0.2, -0.15) is 4.99 Å². The molecule has 0 spiro atoms. The molecule has 0 saturated carbocycles. The van der Waals surface area contributed by atoms with E-state index in [0.29, 0.717) is 10.8 Å². The number of hydrogen-bond acceptors (Lipinski definition) is 6. The van der Waals surface area contributed by atoms with Gasteiger partial charge in [-0.25, -0.2) is 18.2 Å². The van der Waals surface area contributed by atoms with Crippen molar-refractivity contribution in [1.29, 1.82) is 0 Å². The zero-order valence-electron chi connectivity index (χ0n) is 8.90. The summed E-state index contributed by atoms with van der Waals surface area (Å²) >= 11 is 1.18. The summed E-state index contributed by atoms with van der Waals surface area (Å²) in [5.74, 6) is 0. The molecule has 0 amide bonds. The van der Waals surface area contributed by atoms with Crippen LogP contribution in [0.3, 0.4) is 0 Å². The van der Waals surface area contributed by atoms with Crippen LogP contribution in [0.15, 0.2) is 45.7 Å². The van der Waals surface area contributed by atoms with E-state index in [4.69, 9.17) is 0 Å². The molecule has 0 radical (unpaired) electrons. The molecule has 0 saturated heterocycles. The van der Waals surface area contributed by atoms with E-state index in [2.05, 4.69) is 14.7 Å². The molecule has 0 unspecified atom stereocenters. The quantitative estimate of drug-likeness (QED) is 0.685. The van der Waals surface area contributed by atoms with Gasteiger partial charge < -0.3 is 0 Å². The molecule has 0 aliphatic carbocycles. The summed E-state index contributed by atoms with van der Waals surface area (Å²) in [5.41, 5.74) is 0.346. The van der Waals surface area contributed by atoms with Crippen molar-refractivity contribution in [2.75, 3.05) is 4.72 Å². The van der Waals surface area contributed by atoms with Gasteiger partial charge in [0, 0.05) is 11.6 Å². The predicted molar refractivity (Wildman–Crippen MR) is 67.1 cm³/mol. The van der Waals surface area contributed by atoms with E-state index in [1.807, 2.05) is 0 Å². The van der Waals surface area contributed by atoms with Crippen LogP contribution >= 0.6 is 11.3 Å². The SMILES string of the molecule is O=C=Nc1ccc(S(=O)(=O)Nc2nccs2)cc1. The summed E-state index contributed by atoms with van der Waals surface area (Å²) in [4.78, 5) is 17.3. The van der Waals surface area contributed by atoms with Crippen molar-refractivity contribution in [2.24, 2.45) is 4.99 Å². The maximum atomic E-state index is 11.9. The Labute approximate surface area is 107 Å². The van der Waals surface area contributed by atoms with E-state index in [9.17, 15) is 13.2 Å². The van der Waals surface area contributed by atoms with Gasteiger partial charge in [-0.15, -0.1) is 11.3 Å². The van der Waals surface area contributed by atoms with Gasteiger partial charge in [0.05, 0.1) is 10.6 Å². The van der Waals surface area contributed by atoms with Gasteiger partial charge in [0.25, 0.3) is 10.0 Å². The molecule has 18 heavy (non-hydrogen) atoms. The Morgan fingerprint density at radius 1 is 1.28 bits per heavy atom. The third kappa shape index (κ3) is 2.80. The first kappa shape index (κ1) is 12.4. The number of nitrogens with one attached hydrogen (secondary N) is 1. The van der Waals surface area contributed by atoms with Gasteiger partial charge >= 0.3 is 0 Å². The van der Waals surface area contributed by atoms with Crippen LogP contribution in [0, 0.1) is 0 Å². The highest BCUT2D eigenvalue weighted by Gasteiger charge is 2.14. The summed E-state index contributed by atoms with van der Waals surface area (Å²) in [7, 11) is -3.66. The van der Waals surface area contributed by atoms with E-state index in [0.717, 1.165) is 0 Å². The molecule has 92 valence electrons. The van der Waals surface area contributed by atoms with Crippen molar-refractivity contribution in [3.8, 4) is 0 Å². The van der Waals surface area contributed by atoms with Gasteiger partial charge in [0.1, 0.15) is 0 Å². The van der Waals surface area contributed by atoms with Crippen molar-refractivity contribution in [3.05, 3.63) is 35.8 Å². The second-order valence-corrected chi connectivity index (χ2v) is 5.72. The molecule has 1 aromatic heterocycles. The van der Waals surface area contributed by atoms with Crippen LogP contribution in [0.2, 0.25) is 0 Å². The normalized spacial score (nSPS) is 10.7. The van der Waals surface area contributed by atoms with E-state index in [1.165, 1.54) is 47.9 Å². The second-order valence-electron chi connectivity index (χ2n) is 3.14. The van der Waals surface area contributed by atoms with Crippen molar-refractivity contribution in [1.82, 2.24) is 4.98 Å². The fourth-order valence-corrected chi connectivity index (χ4v) is 2.99. The first-order valence-electron chi connectivity index (χ1n) is 4.72. The van der Waals surface area contributed by atoms with Crippen molar-refractivity contribution >= 4 is 38.3 Å². The second kappa shape index (κ2) is 5.09. The molecule has 0 aliphatic rings. The number of benzene rings is 1. The van der Waals surface area contributed by atoms with Crippen molar-refractivity contribution in [3.63, 3.8) is 0 Å². The Morgan fingerprint density at radius 2 is 2.00 bits per heavy atom. The molecule has 0 aliphatic heterocycles. The Hall–Kier alpha value is -2.02. The lowest BCUT2D eigenvalue weighted by Gasteiger charge is -2.04. The third-order valence-corrected chi connectivity index (χ3v) is 4.15. The highest BCUT2D eigenvalue weighted by atomic mass is 32.2. The lowest BCUT2D eigenvalue weighted by atomic mass is 10.3. The fourth-order valence-electron chi connectivity index (χ4n) is 1.20. The van der Waals surface area contributed by atoms with Crippen LogP contribution in [-0.2, 0) is 14.8 Å². The summed E-state index contributed by atoms with van der Waals surface area (Å²) in [6.45, 7) is 0. The van der Waals surface area contributed by atoms with E-state index >= 15 is 0 Å². The van der Waals surface area contributed by atoms with Crippen LogP contribution < -0.4 is 4.72 Å². The molecule has 2 rings (SSSR count). The van der Waals surface area contributed by atoms with E-state index in [1.54, 1.807) is 5.38 Å². The number of anilines is 1. The smallest absolute Gasteiger partial charge is 0.255 e. The molecule has 6 nitrogen and oxygen atoms in total. The van der Waals surface area contributed by atoms with Crippen LogP contribution in [-0.4, -0.2) is 19.5 Å². The minimum absolute atomic E-state index is 0.0718. The monoisotopic (exact) mass is 281 g/mol. The van der Waals surface area contributed by atoms with Crippen LogP contribution in [0.25, 0.3) is 0 Å². The highest BCUT2D eigenvalue weighted by molar-refractivity contribution is 7.93. The molecule has 0 bridgehead atoms. The summed E-state index contributed by atoms with van der Waals surface area (Å²) in [6, 6.07) is 5.54. The maximum Gasteiger partial charge on any atom is 0.263 e. The average molecular weight is 281 g/mol. The van der Waals surface area contributed by atoms with Crippen molar-refractivity contribution in [2.45, 2.75) is 4.90 Å². The highest BCUT2D eigenvalue weighted by Crippen LogP contribution is 2.20. The number of aromatic nitrogens is 1. The Bertz CT molecular complexity index is 672. The topological polar surface area (TPSA) is 88.5 Å². The summed E-state index contributed by atoms with van der Waals surface area (Å²) in [6.07, 6.45) is 2.88. The van der Waals surface area contributed by atoms with Crippen LogP contribution in [0.4, 0.5) is 10.8 Å². The van der Waals surface area contributed by atoms with Gasteiger partial charge in [-0.1, -0.05) is 0 Å². The van der Waals surface area contributed by atoms with E-state index in [-0.39, 0.29) is 4.90 Å². The van der Waals surface area contributed by atoms with Crippen molar-refractivity contribution < 1.29 is 13.2 Å².